The van der Waals surface area contributed by atoms with Crippen LogP contribution in [0.15, 0.2) is 47.4 Å². The lowest BCUT2D eigenvalue weighted by molar-refractivity contribution is -0.275. The molecule has 0 spiro atoms. The molecule has 26 heavy (non-hydrogen) atoms. The van der Waals surface area contributed by atoms with E-state index in [1.807, 2.05) is 0 Å². The summed E-state index contributed by atoms with van der Waals surface area (Å²) >= 11 is 0. The van der Waals surface area contributed by atoms with Crippen molar-refractivity contribution in [3.63, 3.8) is 0 Å². The molecular formula is C16H17ClF3NO4S. The highest BCUT2D eigenvalue weighted by atomic mass is 35.5. The maximum Gasteiger partial charge on any atom is 0.573 e. The lowest BCUT2D eigenvalue weighted by atomic mass is 10.1. The molecule has 0 aliphatic rings. The summed E-state index contributed by atoms with van der Waals surface area (Å²) in [6.07, 6.45) is -3.81. The number of nitrogens with two attached hydrogens (primary N) is 1. The van der Waals surface area contributed by atoms with Crippen molar-refractivity contribution < 1.29 is 31.1 Å². The molecule has 0 bridgehead atoms. The zero-order chi connectivity index (χ0) is 18.7. The maximum atomic E-state index is 12.6. The third kappa shape index (κ3) is 6.08. The van der Waals surface area contributed by atoms with Crippen LogP contribution in [0.25, 0.3) is 11.1 Å². The highest BCUT2D eigenvalue weighted by Gasteiger charge is 2.32. The van der Waals surface area contributed by atoms with Gasteiger partial charge in [-0.1, -0.05) is 18.2 Å². The molecule has 0 unspecified atom stereocenters. The number of hydrogen-bond donors (Lipinski definition) is 1. The molecule has 0 saturated heterocycles. The predicted octanol–water partition coefficient (Wildman–Crippen LogP) is 3.42. The van der Waals surface area contributed by atoms with Gasteiger partial charge in [-0.3, -0.25) is 0 Å². The molecule has 0 aliphatic carbocycles. The van der Waals surface area contributed by atoms with Crippen molar-refractivity contribution in [2.75, 3.05) is 19.4 Å². The van der Waals surface area contributed by atoms with Crippen LogP contribution in [0.2, 0.25) is 0 Å². The standard InChI is InChI=1S/C16H16F3NO4S.ClH/c1-25(21,22)13-5-2-11(3-6-13)12-4-7-14(23-9-8-20)15(10-12)24-16(17,18)19;/h2-7,10H,8-9,20H2,1H3;1H. The van der Waals surface area contributed by atoms with Gasteiger partial charge in [0.05, 0.1) is 4.90 Å². The summed E-state index contributed by atoms with van der Waals surface area (Å²) < 4.78 is 69.9. The first-order valence-corrected chi connectivity index (χ1v) is 9.02. The fraction of sp³-hybridized carbons (Fsp3) is 0.250. The zero-order valence-corrected chi connectivity index (χ0v) is 15.2. The zero-order valence-electron chi connectivity index (χ0n) is 13.6. The minimum absolute atomic E-state index is 0. The summed E-state index contributed by atoms with van der Waals surface area (Å²) in [6.45, 7) is 0.177. The minimum Gasteiger partial charge on any atom is -0.488 e. The van der Waals surface area contributed by atoms with Crippen LogP contribution >= 0.6 is 12.4 Å². The van der Waals surface area contributed by atoms with Crippen LogP contribution in [0.1, 0.15) is 0 Å². The molecule has 0 aromatic heterocycles. The van der Waals surface area contributed by atoms with Gasteiger partial charge in [0.1, 0.15) is 6.61 Å². The number of benzene rings is 2. The van der Waals surface area contributed by atoms with Crippen molar-refractivity contribution in [2.45, 2.75) is 11.3 Å². The number of hydrogen-bond acceptors (Lipinski definition) is 5. The Morgan fingerprint density at radius 2 is 1.58 bits per heavy atom. The third-order valence-electron chi connectivity index (χ3n) is 3.16. The summed E-state index contributed by atoms with van der Waals surface area (Å²) in [7, 11) is -3.36. The summed E-state index contributed by atoms with van der Waals surface area (Å²) in [5.74, 6) is -0.579. The lowest BCUT2D eigenvalue weighted by Gasteiger charge is -2.15. The first-order chi connectivity index (χ1) is 11.6. The molecule has 0 amide bonds. The van der Waals surface area contributed by atoms with Crippen LogP contribution in [0, 0.1) is 0 Å². The average molecular weight is 412 g/mol. The second-order valence-electron chi connectivity index (χ2n) is 5.14. The van der Waals surface area contributed by atoms with E-state index in [-0.39, 0.29) is 36.2 Å². The van der Waals surface area contributed by atoms with E-state index >= 15 is 0 Å². The van der Waals surface area contributed by atoms with Crippen molar-refractivity contribution in [3.05, 3.63) is 42.5 Å². The molecule has 2 N–H and O–H groups in total. The van der Waals surface area contributed by atoms with Crippen molar-refractivity contribution in [3.8, 4) is 22.6 Å². The van der Waals surface area contributed by atoms with Crippen LogP contribution in [0.3, 0.4) is 0 Å². The van der Waals surface area contributed by atoms with Gasteiger partial charge in [0, 0.05) is 12.8 Å². The van der Waals surface area contributed by atoms with Crippen LogP contribution < -0.4 is 15.2 Å². The van der Waals surface area contributed by atoms with Gasteiger partial charge < -0.3 is 15.2 Å². The minimum atomic E-state index is -4.88. The highest BCUT2D eigenvalue weighted by Crippen LogP contribution is 2.36. The van der Waals surface area contributed by atoms with Crippen LogP contribution in [0.4, 0.5) is 13.2 Å². The van der Waals surface area contributed by atoms with Gasteiger partial charge in [-0.05, 0) is 35.4 Å². The molecule has 0 atom stereocenters. The largest absolute Gasteiger partial charge is 0.573 e. The smallest absolute Gasteiger partial charge is 0.488 e. The Morgan fingerprint density at radius 1 is 1.00 bits per heavy atom. The number of rotatable bonds is 6. The van der Waals surface area contributed by atoms with Crippen LogP contribution in [-0.4, -0.2) is 34.2 Å². The molecular weight excluding hydrogens is 395 g/mol. The van der Waals surface area contributed by atoms with Crippen LogP contribution in [0.5, 0.6) is 11.5 Å². The van der Waals surface area contributed by atoms with Gasteiger partial charge in [-0.25, -0.2) is 8.42 Å². The first-order valence-electron chi connectivity index (χ1n) is 7.13. The molecule has 0 radical (unpaired) electrons. The van der Waals surface area contributed by atoms with Crippen molar-refractivity contribution in [1.29, 1.82) is 0 Å². The van der Waals surface area contributed by atoms with E-state index in [1.54, 1.807) is 6.07 Å². The highest BCUT2D eigenvalue weighted by molar-refractivity contribution is 7.90. The predicted molar refractivity (Wildman–Crippen MR) is 93.5 cm³/mol. The van der Waals surface area contributed by atoms with Crippen LogP contribution in [-0.2, 0) is 9.84 Å². The van der Waals surface area contributed by atoms with E-state index in [4.69, 9.17) is 10.5 Å². The Morgan fingerprint density at radius 3 is 2.08 bits per heavy atom. The lowest BCUT2D eigenvalue weighted by Crippen LogP contribution is -2.18. The van der Waals surface area contributed by atoms with Gasteiger partial charge in [0.25, 0.3) is 0 Å². The Labute approximate surface area is 155 Å². The summed E-state index contributed by atoms with van der Waals surface area (Å²) in [5, 5.41) is 0. The molecule has 144 valence electrons. The number of ether oxygens (including phenoxy) is 2. The number of halogens is 4. The van der Waals surface area contributed by atoms with Gasteiger partial charge >= 0.3 is 6.36 Å². The van der Waals surface area contributed by atoms with E-state index in [2.05, 4.69) is 4.74 Å². The molecule has 0 heterocycles. The number of alkyl halides is 3. The maximum absolute atomic E-state index is 12.6. The normalized spacial score (nSPS) is 11.6. The summed E-state index contributed by atoms with van der Waals surface area (Å²) in [4.78, 5) is 0.117. The Bertz CT molecular complexity index is 840. The molecule has 2 aromatic carbocycles. The average Bonchev–Trinajstić information content (AvgIpc) is 2.51. The third-order valence-corrected chi connectivity index (χ3v) is 4.29. The second-order valence-corrected chi connectivity index (χ2v) is 7.16. The topological polar surface area (TPSA) is 78.6 Å². The second kappa shape index (κ2) is 8.61. The van der Waals surface area contributed by atoms with E-state index in [0.717, 1.165) is 6.26 Å². The van der Waals surface area contributed by atoms with Gasteiger partial charge in [0.2, 0.25) is 0 Å². The molecule has 5 nitrogen and oxygen atoms in total. The molecule has 2 aromatic rings. The Balaban J connectivity index is 0.00000338. The van der Waals surface area contributed by atoms with Crippen molar-refractivity contribution in [2.24, 2.45) is 5.73 Å². The SMILES string of the molecule is CS(=O)(=O)c1ccc(-c2ccc(OCCN)c(OC(F)(F)F)c2)cc1.Cl. The Kier molecular flexibility index (Phi) is 7.31. The Hall–Kier alpha value is -1.97. The quantitative estimate of drug-likeness (QED) is 0.788. The molecule has 2 rings (SSSR count). The van der Waals surface area contributed by atoms with Gasteiger partial charge in [0.15, 0.2) is 21.3 Å². The number of sulfone groups is 1. The summed E-state index contributed by atoms with van der Waals surface area (Å²) in [5.41, 5.74) is 6.24. The fourth-order valence-corrected chi connectivity index (χ4v) is 2.71. The fourth-order valence-electron chi connectivity index (χ4n) is 2.07. The molecule has 0 aliphatic heterocycles. The first kappa shape index (κ1) is 22.1. The molecule has 10 heteroatoms. The van der Waals surface area contributed by atoms with E-state index in [0.29, 0.717) is 11.1 Å². The van der Waals surface area contributed by atoms with Crippen molar-refractivity contribution in [1.82, 2.24) is 0 Å². The monoisotopic (exact) mass is 411 g/mol. The summed E-state index contributed by atoms with van der Waals surface area (Å²) in [6, 6.07) is 9.84. The van der Waals surface area contributed by atoms with E-state index < -0.39 is 21.9 Å². The molecule has 0 saturated carbocycles. The van der Waals surface area contributed by atoms with Gasteiger partial charge in [-0.2, -0.15) is 0 Å². The van der Waals surface area contributed by atoms with E-state index in [9.17, 15) is 21.6 Å². The van der Waals surface area contributed by atoms with E-state index in [1.165, 1.54) is 36.4 Å². The van der Waals surface area contributed by atoms with Crippen molar-refractivity contribution >= 4 is 22.2 Å². The van der Waals surface area contributed by atoms with Gasteiger partial charge in [-0.15, -0.1) is 25.6 Å². The molecule has 0 fully saturated rings.